The van der Waals surface area contributed by atoms with Crippen LogP contribution in [0.2, 0.25) is 0 Å². The lowest BCUT2D eigenvalue weighted by atomic mass is 9.87. The third kappa shape index (κ3) is 5.69. The molecule has 0 bridgehead atoms. The molecule has 10 nitrogen and oxygen atoms in total. The van der Waals surface area contributed by atoms with Crippen molar-refractivity contribution in [3.63, 3.8) is 0 Å². The number of rotatable bonds is 8. The Labute approximate surface area is 250 Å². The van der Waals surface area contributed by atoms with E-state index in [1.165, 1.54) is 24.0 Å². The van der Waals surface area contributed by atoms with Gasteiger partial charge in [0.25, 0.3) is 0 Å². The van der Waals surface area contributed by atoms with Gasteiger partial charge in [0, 0.05) is 17.5 Å². The highest BCUT2D eigenvalue weighted by Crippen LogP contribution is 2.45. The molecular weight excluding hydrogens is 552 g/mol. The van der Waals surface area contributed by atoms with Gasteiger partial charge in [0.1, 0.15) is 23.7 Å². The van der Waals surface area contributed by atoms with Gasteiger partial charge in [-0.3, -0.25) is 4.90 Å². The largest absolute Gasteiger partial charge is 0.497 e. The van der Waals surface area contributed by atoms with E-state index in [4.69, 9.17) is 18.9 Å². The molecule has 1 heterocycles. The quantitative estimate of drug-likeness (QED) is 0.365. The summed E-state index contributed by atoms with van der Waals surface area (Å²) in [6.45, 7) is 4.53. The lowest BCUT2D eigenvalue weighted by molar-refractivity contribution is -0.162. The second-order valence-corrected chi connectivity index (χ2v) is 11.7. The maximum absolute atomic E-state index is 13.9. The lowest BCUT2D eigenvalue weighted by Crippen LogP contribution is -2.75. The molecule has 2 amide bonds. The molecule has 5 rings (SSSR count). The summed E-state index contributed by atoms with van der Waals surface area (Å²) in [5.41, 5.74) is 2.26. The average Bonchev–Trinajstić information content (AvgIpc) is 3.27. The molecule has 10 heteroatoms. The van der Waals surface area contributed by atoms with Crippen molar-refractivity contribution in [1.29, 1.82) is 0 Å². The van der Waals surface area contributed by atoms with Crippen LogP contribution in [-0.2, 0) is 20.8 Å². The number of hydrogen-bond donors (Lipinski definition) is 1. The molecule has 1 aliphatic carbocycles. The number of carbonyl (C=O) groups excluding carboxylic acids is 2. The molecule has 226 valence electrons. The number of aliphatic carboxylic acids is 1. The van der Waals surface area contributed by atoms with Crippen LogP contribution in [-0.4, -0.2) is 78.1 Å². The Balaban J connectivity index is 1.44. The number of likely N-dealkylation sites (tertiary alicyclic amines) is 1. The SMILES string of the molecule is COc1ccc(CN(C(=O)OCC2c3ccccc3-c3ccccc32)C2(C(=O)O)CN(C(=O)OC(C)(C)C)C2)c(OC)c1. The van der Waals surface area contributed by atoms with Crippen LogP contribution in [0, 0.1) is 0 Å². The summed E-state index contributed by atoms with van der Waals surface area (Å²) in [7, 11) is 3.01. The van der Waals surface area contributed by atoms with E-state index in [1.54, 1.807) is 39.0 Å². The van der Waals surface area contributed by atoms with Gasteiger partial charge in [-0.25, -0.2) is 14.4 Å². The summed E-state index contributed by atoms with van der Waals surface area (Å²) in [5, 5.41) is 10.5. The highest BCUT2D eigenvalue weighted by Gasteiger charge is 2.59. The van der Waals surface area contributed by atoms with E-state index in [1.807, 2.05) is 48.5 Å². The van der Waals surface area contributed by atoms with Crippen molar-refractivity contribution in [3.8, 4) is 22.6 Å². The van der Waals surface area contributed by atoms with Crippen molar-refractivity contribution in [2.75, 3.05) is 33.9 Å². The third-order valence-electron chi connectivity index (χ3n) is 7.85. The number of nitrogens with zero attached hydrogens (tertiary/aromatic N) is 2. The van der Waals surface area contributed by atoms with Gasteiger partial charge in [0.15, 0.2) is 5.54 Å². The summed E-state index contributed by atoms with van der Waals surface area (Å²) >= 11 is 0. The predicted molar refractivity (Wildman–Crippen MR) is 158 cm³/mol. The molecule has 1 aliphatic heterocycles. The number of amides is 2. The number of fused-ring (bicyclic) bond motifs is 3. The van der Waals surface area contributed by atoms with Crippen molar-refractivity contribution in [1.82, 2.24) is 9.80 Å². The van der Waals surface area contributed by atoms with Crippen LogP contribution in [0.4, 0.5) is 9.59 Å². The Morgan fingerprint density at radius 2 is 1.53 bits per heavy atom. The Morgan fingerprint density at radius 3 is 2.07 bits per heavy atom. The topological polar surface area (TPSA) is 115 Å². The molecule has 0 atom stereocenters. The molecule has 2 aliphatic rings. The van der Waals surface area contributed by atoms with E-state index in [2.05, 4.69) is 0 Å². The normalized spacial score (nSPS) is 15.0. The van der Waals surface area contributed by atoms with Crippen LogP contribution < -0.4 is 9.47 Å². The first-order chi connectivity index (χ1) is 20.5. The number of carbonyl (C=O) groups is 3. The van der Waals surface area contributed by atoms with Crippen molar-refractivity contribution in [2.24, 2.45) is 0 Å². The molecule has 0 radical (unpaired) electrons. The van der Waals surface area contributed by atoms with Gasteiger partial charge < -0.3 is 29.0 Å². The van der Waals surface area contributed by atoms with E-state index in [0.29, 0.717) is 17.1 Å². The average molecular weight is 589 g/mol. The van der Waals surface area contributed by atoms with Gasteiger partial charge in [-0.05, 0) is 55.2 Å². The maximum atomic E-state index is 13.9. The summed E-state index contributed by atoms with van der Waals surface area (Å²) in [4.78, 5) is 42.0. The number of carboxylic acids is 1. The minimum absolute atomic E-state index is 0.00852. The second-order valence-electron chi connectivity index (χ2n) is 11.7. The zero-order valence-corrected chi connectivity index (χ0v) is 25.0. The van der Waals surface area contributed by atoms with Gasteiger partial charge in [-0.1, -0.05) is 48.5 Å². The van der Waals surface area contributed by atoms with Gasteiger partial charge >= 0.3 is 18.2 Å². The fraction of sp³-hybridized carbons (Fsp3) is 0.364. The first kappa shape index (κ1) is 29.8. The predicted octanol–water partition coefficient (Wildman–Crippen LogP) is 5.53. The van der Waals surface area contributed by atoms with Crippen molar-refractivity contribution < 1.29 is 38.4 Å². The van der Waals surface area contributed by atoms with Crippen LogP contribution in [0.1, 0.15) is 43.4 Å². The smallest absolute Gasteiger partial charge is 0.411 e. The molecule has 1 fully saturated rings. The number of hydrogen-bond acceptors (Lipinski definition) is 7. The van der Waals surface area contributed by atoms with Crippen LogP contribution in [0.25, 0.3) is 11.1 Å². The minimum atomic E-state index is -1.75. The molecule has 1 N–H and O–H groups in total. The summed E-state index contributed by atoms with van der Waals surface area (Å²) in [6.07, 6.45) is -1.47. The van der Waals surface area contributed by atoms with Crippen LogP contribution in [0.15, 0.2) is 66.7 Å². The second kappa shape index (κ2) is 11.5. The summed E-state index contributed by atoms with van der Waals surface area (Å²) in [6, 6.07) is 21.0. The van der Waals surface area contributed by atoms with E-state index in [0.717, 1.165) is 22.3 Å². The van der Waals surface area contributed by atoms with E-state index in [-0.39, 0.29) is 32.2 Å². The Morgan fingerprint density at radius 1 is 0.930 bits per heavy atom. The molecule has 1 saturated heterocycles. The first-order valence-corrected chi connectivity index (χ1v) is 14.0. The van der Waals surface area contributed by atoms with Gasteiger partial charge in [-0.2, -0.15) is 0 Å². The highest BCUT2D eigenvalue weighted by molar-refractivity contribution is 5.89. The highest BCUT2D eigenvalue weighted by atomic mass is 16.6. The monoisotopic (exact) mass is 588 g/mol. The number of ether oxygens (including phenoxy) is 4. The number of methoxy groups -OCH3 is 2. The van der Waals surface area contributed by atoms with Crippen LogP contribution in [0.3, 0.4) is 0 Å². The van der Waals surface area contributed by atoms with Crippen molar-refractivity contribution in [3.05, 3.63) is 83.4 Å². The molecule has 0 spiro atoms. The Hall–Kier alpha value is -4.73. The van der Waals surface area contributed by atoms with Crippen LogP contribution >= 0.6 is 0 Å². The van der Waals surface area contributed by atoms with E-state index in [9.17, 15) is 19.5 Å². The van der Waals surface area contributed by atoms with Gasteiger partial charge in [-0.15, -0.1) is 0 Å². The molecule has 0 aromatic heterocycles. The number of benzene rings is 3. The van der Waals surface area contributed by atoms with Crippen molar-refractivity contribution >= 4 is 18.2 Å². The molecule has 0 unspecified atom stereocenters. The van der Waals surface area contributed by atoms with Crippen molar-refractivity contribution in [2.45, 2.75) is 44.4 Å². The fourth-order valence-electron chi connectivity index (χ4n) is 5.68. The summed E-state index contributed by atoms with van der Waals surface area (Å²) in [5.74, 6) is -0.511. The minimum Gasteiger partial charge on any atom is -0.497 e. The van der Waals surface area contributed by atoms with E-state index >= 15 is 0 Å². The van der Waals surface area contributed by atoms with Gasteiger partial charge in [0.2, 0.25) is 0 Å². The molecule has 3 aromatic rings. The molecular formula is C33H36N2O8. The Kier molecular flexibility index (Phi) is 7.96. The standard InChI is InChI=1S/C33H36N2O8/c1-32(2,3)43-30(38)34-19-33(20-34,29(36)37)35(17-21-14-15-22(40-4)16-28(21)41-5)31(39)42-18-27-25-12-8-6-10-23(25)24-11-7-9-13-26(24)27/h6-16,27H,17-20H2,1-5H3,(H,36,37). The molecule has 43 heavy (non-hydrogen) atoms. The van der Waals surface area contributed by atoms with Gasteiger partial charge in [0.05, 0.1) is 33.9 Å². The fourth-order valence-corrected chi connectivity index (χ4v) is 5.68. The Bertz CT molecular complexity index is 1490. The zero-order chi connectivity index (χ0) is 30.9. The zero-order valence-electron chi connectivity index (χ0n) is 25.0. The molecule has 3 aromatic carbocycles. The molecule has 0 saturated carbocycles. The maximum Gasteiger partial charge on any atom is 0.411 e. The van der Waals surface area contributed by atoms with Crippen LogP contribution in [0.5, 0.6) is 11.5 Å². The summed E-state index contributed by atoms with van der Waals surface area (Å²) < 4.78 is 22.2. The first-order valence-electron chi connectivity index (χ1n) is 14.0. The number of carboxylic acid groups (broad SMARTS) is 1. The lowest BCUT2D eigenvalue weighted by Gasteiger charge is -2.51. The third-order valence-corrected chi connectivity index (χ3v) is 7.85. The van der Waals surface area contributed by atoms with E-state index < -0.39 is 29.3 Å².